The van der Waals surface area contributed by atoms with Crippen LogP contribution < -0.4 is 5.73 Å². The summed E-state index contributed by atoms with van der Waals surface area (Å²) in [6.45, 7) is 4.00. The van der Waals surface area contributed by atoms with Gasteiger partial charge in [-0.3, -0.25) is 0 Å². The predicted octanol–water partition coefficient (Wildman–Crippen LogP) is 3.90. The van der Waals surface area contributed by atoms with Gasteiger partial charge < -0.3 is 5.73 Å². The van der Waals surface area contributed by atoms with Gasteiger partial charge in [0.15, 0.2) is 0 Å². The van der Waals surface area contributed by atoms with Gasteiger partial charge in [-0.2, -0.15) is 0 Å². The normalized spacial score (nSPS) is 12.8. The van der Waals surface area contributed by atoms with Crippen molar-refractivity contribution in [3.05, 3.63) is 39.3 Å². The number of halogens is 1. The van der Waals surface area contributed by atoms with Crippen molar-refractivity contribution in [1.29, 1.82) is 0 Å². The van der Waals surface area contributed by atoms with Gasteiger partial charge >= 0.3 is 0 Å². The quantitative estimate of drug-likeness (QED) is 0.913. The highest BCUT2D eigenvalue weighted by Crippen LogP contribution is 2.34. The first-order valence-electron chi connectivity index (χ1n) is 5.07. The van der Waals surface area contributed by atoms with E-state index in [0.717, 1.165) is 25.6 Å². The molecule has 0 saturated heterocycles. The second kappa shape index (κ2) is 4.65. The SMILES string of the molecule is Cc1nc(-c2ccccc2Br)sc1C(C)N. The molecule has 0 saturated carbocycles. The summed E-state index contributed by atoms with van der Waals surface area (Å²) in [4.78, 5) is 5.73. The van der Waals surface area contributed by atoms with Crippen LogP contribution in [0.15, 0.2) is 28.7 Å². The van der Waals surface area contributed by atoms with E-state index in [2.05, 4.69) is 27.0 Å². The fourth-order valence-corrected chi connectivity index (χ4v) is 3.24. The molecule has 2 aromatic rings. The standard InChI is InChI=1S/C12H13BrN2S/c1-7(14)11-8(2)15-12(16-11)9-5-3-4-6-10(9)13/h3-7H,14H2,1-2H3. The number of nitrogens with zero attached hydrogens (tertiary/aromatic N) is 1. The lowest BCUT2D eigenvalue weighted by Crippen LogP contribution is -2.03. The molecular formula is C12H13BrN2S. The smallest absolute Gasteiger partial charge is 0.125 e. The highest BCUT2D eigenvalue weighted by Gasteiger charge is 2.13. The third-order valence-corrected chi connectivity index (χ3v) is 4.43. The molecule has 0 aliphatic carbocycles. The van der Waals surface area contributed by atoms with Crippen LogP contribution in [-0.4, -0.2) is 4.98 Å². The lowest BCUT2D eigenvalue weighted by molar-refractivity contribution is 0.825. The molecule has 1 unspecified atom stereocenters. The summed E-state index contributed by atoms with van der Waals surface area (Å²) in [5.74, 6) is 0. The van der Waals surface area contributed by atoms with Crippen molar-refractivity contribution < 1.29 is 0 Å². The fraction of sp³-hybridized carbons (Fsp3) is 0.250. The zero-order valence-electron chi connectivity index (χ0n) is 9.20. The molecule has 84 valence electrons. The second-order valence-corrected chi connectivity index (χ2v) is 5.62. The number of aromatic nitrogens is 1. The van der Waals surface area contributed by atoms with E-state index in [1.807, 2.05) is 32.0 Å². The molecule has 0 radical (unpaired) electrons. The van der Waals surface area contributed by atoms with Crippen LogP contribution in [0.4, 0.5) is 0 Å². The number of thiazole rings is 1. The molecule has 0 fully saturated rings. The Labute approximate surface area is 108 Å². The molecule has 0 aliphatic rings. The first-order chi connectivity index (χ1) is 7.59. The van der Waals surface area contributed by atoms with Gasteiger partial charge in [-0.1, -0.05) is 34.1 Å². The molecule has 2 rings (SSSR count). The topological polar surface area (TPSA) is 38.9 Å². The highest BCUT2D eigenvalue weighted by atomic mass is 79.9. The fourth-order valence-electron chi connectivity index (χ4n) is 1.58. The summed E-state index contributed by atoms with van der Waals surface area (Å²) in [5.41, 5.74) is 8.06. The molecule has 1 heterocycles. The van der Waals surface area contributed by atoms with Crippen molar-refractivity contribution in [2.45, 2.75) is 19.9 Å². The molecule has 2 N–H and O–H groups in total. The van der Waals surface area contributed by atoms with Crippen LogP contribution >= 0.6 is 27.3 Å². The summed E-state index contributed by atoms with van der Waals surface area (Å²) in [6, 6.07) is 8.15. The number of benzene rings is 1. The van der Waals surface area contributed by atoms with Gasteiger partial charge in [0.1, 0.15) is 5.01 Å². The van der Waals surface area contributed by atoms with E-state index >= 15 is 0 Å². The lowest BCUT2D eigenvalue weighted by Gasteiger charge is -2.00. The van der Waals surface area contributed by atoms with E-state index in [9.17, 15) is 0 Å². The van der Waals surface area contributed by atoms with E-state index in [1.165, 1.54) is 0 Å². The molecule has 4 heteroatoms. The van der Waals surface area contributed by atoms with Crippen LogP contribution in [-0.2, 0) is 0 Å². The Bertz CT molecular complexity index is 505. The summed E-state index contributed by atoms with van der Waals surface area (Å²) in [5, 5.41) is 1.03. The summed E-state index contributed by atoms with van der Waals surface area (Å²) >= 11 is 5.21. The van der Waals surface area contributed by atoms with Crippen LogP contribution in [0.3, 0.4) is 0 Å². The van der Waals surface area contributed by atoms with Crippen molar-refractivity contribution in [2.24, 2.45) is 5.73 Å². The second-order valence-electron chi connectivity index (χ2n) is 3.74. The van der Waals surface area contributed by atoms with E-state index in [4.69, 9.17) is 5.73 Å². The van der Waals surface area contributed by atoms with Crippen LogP contribution in [0.2, 0.25) is 0 Å². The molecule has 0 amide bonds. The maximum Gasteiger partial charge on any atom is 0.125 e. The molecule has 2 nitrogen and oxygen atoms in total. The van der Waals surface area contributed by atoms with Crippen LogP contribution in [0.5, 0.6) is 0 Å². The van der Waals surface area contributed by atoms with Gasteiger partial charge in [-0.15, -0.1) is 11.3 Å². The summed E-state index contributed by atoms with van der Waals surface area (Å²) in [6.07, 6.45) is 0. The minimum Gasteiger partial charge on any atom is -0.323 e. The van der Waals surface area contributed by atoms with Gasteiger partial charge in [-0.05, 0) is 19.9 Å². The number of nitrogens with two attached hydrogens (primary N) is 1. The van der Waals surface area contributed by atoms with Crippen LogP contribution in [0.25, 0.3) is 10.6 Å². The number of hydrogen-bond donors (Lipinski definition) is 1. The van der Waals surface area contributed by atoms with Gasteiger partial charge in [0.05, 0.1) is 5.69 Å². The minimum absolute atomic E-state index is 0.0498. The first-order valence-corrected chi connectivity index (χ1v) is 6.68. The minimum atomic E-state index is 0.0498. The van der Waals surface area contributed by atoms with Crippen LogP contribution in [0, 0.1) is 6.92 Å². The third-order valence-electron chi connectivity index (χ3n) is 2.35. The predicted molar refractivity (Wildman–Crippen MR) is 72.6 cm³/mol. The average molecular weight is 297 g/mol. The Morgan fingerprint density at radius 3 is 2.62 bits per heavy atom. The Morgan fingerprint density at radius 1 is 1.38 bits per heavy atom. The van der Waals surface area contributed by atoms with Crippen molar-refractivity contribution in [1.82, 2.24) is 4.98 Å². The Hall–Kier alpha value is -0.710. The Morgan fingerprint density at radius 2 is 2.06 bits per heavy atom. The Kier molecular flexibility index (Phi) is 3.42. The zero-order valence-corrected chi connectivity index (χ0v) is 11.6. The summed E-state index contributed by atoms with van der Waals surface area (Å²) < 4.78 is 1.07. The summed E-state index contributed by atoms with van der Waals surface area (Å²) in [7, 11) is 0. The van der Waals surface area contributed by atoms with Gasteiger partial charge in [0.2, 0.25) is 0 Å². The van der Waals surface area contributed by atoms with Crippen molar-refractivity contribution >= 4 is 27.3 Å². The number of aryl methyl sites for hydroxylation is 1. The van der Waals surface area contributed by atoms with Crippen molar-refractivity contribution in [3.8, 4) is 10.6 Å². The first kappa shape index (κ1) is 11.8. The van der Waals surface area contributed by atoms with Gasteiger partial charge in [0, 0.05) is 21.0 Å². The van der Waals surface area contributed by atoms with E-state index in [1.54, 1.807) is 11.3 Å². The van der Waals surface area contributed by atoms with Crippen molar-refractivity contribution in [3.63, 3.8) is 0 Å². The molecule has 0 spiro atoms. The molecule has 16 heavy (non-hydrogen) atoms. The molecular weight excluding hydrogens is 284 g/mol. The molecule has 1 aromatic carbocycles. The van der Waals surface area contributed by atoms with Crippen LogP contribution in [0.1, 0.15) is 23.5 Å². The van der Waals surface area contributed by atoms with Crippen molar-refractivity contribution in [2.75, 3.05) is 0 Å². The molecule has 0 aliphatic heterocycles. The largest absolute Gasteiger partial charge is 0.323 e. The zero-order chi connectivity index (χ0) is 11.7. The maximum atomic E-state index is 5.90. The number of hydrogen-bond acceptors (Lipinski definition) is 3. The average Bonchev–Trinajstić information content (AvgIpc) is 2.61. The monoisotopic (exact) mass is 296 g/mol. The maximum absolute atomic E-state index is 5.90. The highest BCUT2D eigenvalue weighted by molar-refractivity contribution is 9.10. The van der Waals surface area contributed by atoms with E-state index < -0.39 is 0 Å². The molecule has 1 aromatic heterocycles. The van der Waals surface area contributed by atoms with E-state index in [0.29, 0.717) is 0 Å². The van der Waals surface area contributed by atoms with Gasteiger partial charge in [-0.25, -0.2) is 4.98 Å². The molecule has 0 bridgehead atoms. The Balaban J connectivity index is 2.50. The lowest BCUT2D eigenvalue weighted by atomic mass is 10.2. The van der Waals surface area contributed by atoms with Gasteiger partial charge in [0.25, 0.3) is 0 Å². The van der Waals surface area contributed by atoms with E-state index in [-0.39, 0.29) is 6.04 Å². The number of rotatable bonds is 2. The third kappa shape index (κ3) is 2.19. The molecule has 1 atom stereocenters.